The highest BCUT2D eigenvalue weighted by molar-refractivity contribution is 5.92. The number of carbonyl (C=O) groups is 1. The van der Waals surface area contributed by atoms with Crippen LogP contribution in [0.1, 0.15) is 34.7 Å². The fraction of sp³-hybridized carbons (Fsp3) is 0.375. The number of hydrogen-bond acceptors (Lipinski definition) is 7. The summed E-state index contributed by atoms with van der Waals surface area (Å²) >= 11 is 0. The minimum atomic E-state index is -0.232. The largest absolute Gasteiger partial charge is 0.470 e. The first kappa shape index (κ1) is 15.8. The van der Waals surface area contributed by atoms with Crippen molar-refractivity contribution in [3.8, 4) is 11.9 Å². The zero-order valence-corrected chi connectivity index (χ0v) is 13.2. The molecule has 24 heavy (non-hydrogen) atoms. The first-order chi connectivity index (χ1) is 11.7. The van der Waals surface area contributed by atoms with E-state index in [4.69, 9.17) is 10.00 Å². The Bertz CT molecular complexity index is 771. The minimum absolute atomic E-state index is 0.144. The average molecular weight is 324 g/mol. The summed E-state index contributed by atoms with van der Waals surface area (Å²) in [5.74, 6) is 0.0323. The number of nitrogens with zero attached hydrogens (tertiary/aromatic N) is 6. The quantitative estimate of drug-likeness (QED) is 0.833. The summed E-state index contributed by atoms with van der Waals surface area (Å²) in [5, 5.41) is 9.05. The van der Waals surface area contributed by atoms with Crippen molar-refractivity contribution in [1.82, 2.24) is 24.8 Å². The van der Waals surface area contributed by atoms with Gasteiger partial charge in [-0.25, -0.2) is 15.0 Å². The predicted molar refractivity (Wildman–Crippen MR) is 83.1 cm³/mol. The Morgan fingerprint density at radius 2 is 2.12 bits per heavy atom. The second-order valence-electron chi connectivity index (χ2n) is 5.50. The van der Waals surface area contributed by atoms with E-state index in [2.05, 4.69) is 19.9 Å². The van der Waals surface area contributed by atoms with Gasteiger partial charge in [0.2, 0.25) is 5.69 Å². The van der Waals surface area contributed by atoms with Crippen LogP contribution in [0.5, 0.6) is 5.88 Å². The number of likely N-dealkylation sites (tertiary alicyclic amines) is 1. The molecule has 2 aromatic heterocycles. The molecule has 1 aliphatic rings. The SMILES string of the molecule is Cc1cnc(C(=O)N2CCC[C@H](Oc3nccnc3C#N)C2)cn1. The third-order valence-corrected chi connectivity index (χ3v) is 3.71. The highest BCUT2D eigenvalue weighted by atomic mass is 16.5. The summed E-state index contributed by atoms with van der Waals surface area (Å²) in [4.78, 5) is 30.4. The van der Waals surface area contributed by atoms with Gasteiger partial charge in [-0.05, 0) is 19.8 Å². The summed E-state index contributed by atoms with van der Waals surface area (Å²) < 4.78 is 5.79. The Morgan fingerprint density at radius 1 is 1.29 bits per heavy atom. The summed E-state index contributed by atoms with van der Waals surface area (Å²) in [6, 6.07) is 1.95. The Hall–Kier alpha value is -3.08. The van der Waals surface area contributed by atoms with Gasteiger partial charge in [0.25, 0.3) is 11.8 Å². The summed E-state index contributed by atoms with van der Waals surface area (Å²) in [7, 11) is 0. The third kappa shape index (κ3) is 3.46. The number of rotatable bonds is 3. The number of hydrogen-bond donors (Lipinski definition) is 0. The van der Waals surface area contributed by atoms with Crippen LogP contribution in [0.15, 0.2) is 24.8 Å². The highest BCUT2D eigenvalue weighted by Gasteiger charge is 2.27. The molecule has 0 radical (unpaired) electrons. The monoisotopic (exact) mass is 324 g/mol. The number of aromatic nitrogens is 4. The fourth-order valence-electron chi connectivity index (χ4n) is 2.53. The molecule has 0 aliphatic carbocycles. The number of nitriles is 1. The Balaban J connectivity index is 1.69. The maximum absolute atomic E-state index is 12.5. The van der Waals surface area contributed by atoms with Crippen molar-refractivity contribution < 1.29 is 9.53 Å². The van der Waals surface area contributed by atoms with Crippen molar-refractivity contribution in [1.29, 1.82) is 5.26 Å². The smallest absolute Gasteiger partial charge is 0.274 e. The zero-order chi connectivity index (χ0) is 16.9. The van der Waals surface area contributed by atoms with Gasteiger partial charge in [-0.3, -0.25) is 9.78 Å². The molecule has 0 spiro atoms. The van der Waals surface area contributed by atoms with E-state index in [1.807, 2.05) is 13.0 Å². The first-order valence-electron chi connectivity index (χ1n) is 7.63. The van der Waals surface area contributed by atoms with Crippen LogP contribution in [-0.2, 0) is 0 Å². The lowest BCUT2D eigenvalue weighted by Crippen LogP contribution is -2.44. The van der Waals surface area contributed by atoms with Crippen LogP contribution in [0.3, 0.4) is 0 Å². The van der Waals surface area contributed by atoms with Crippen molar-refractivity contribution >= 4 is 5.91 Å². The molecule has 0 unspecified atom stereocenters. The van der Waals surface area contributed by atoms with Crippen LogP contribution in [0.4, 0.5) is 0 Å². The van der Waals surface area contributed by atoms with Gasteiger partial charge in [-0.15, -0.1) is 0 Å². The molecule has 1 aliphatic heterocycles. The lowest BCUT2D eigenvalue weighted by Gasteiger charge is -2.32. The molecular weight excluding hydrogens is 308 g/mol. The van der Waals surface area contributed by atoms with Gasteiger partial charge in [0, 0.05) is 25.1 Å². The van der Waals surface area contributed by atoms with E-state index < -0.39 is 0 Å². The normalized spacial score (nSPS) is 17.2. The van der Waals surface area contributed by atoms with Gasteiger partial charge < -0.3 is 9.64 Å². The molecule has 3 heterocycles. The van der Waals surface area contributed by atoms with Gasteiger partial charge in [0.05, 0.1) is 18.4 Å². The summed E-state index contributed by atoms with van der Waals surface area (Å²) in [5.41, 5.74) is 1.22. The molecular formula is C16H16N6O2. The van der Waals surface area contributed by atoms with Crippen LogP contribution >= 0.6 is 0 Å². The van der Waals surface area contributed by atoms with Gasteiger partial charge >= 0.3 is 0 Å². The van der Waals surface area contributed by atoms with Gasteiger partial charge in [-0.1, -0.05) is 0 Å². The molecule has 122 valence electrons. The van der Waals surface area contributed by atoms with Gasteiger partial charge in [0.1, 0.15) is 17.9 Å². The molecule has 0 N–H and O–H groups in total. The fourth-order valence-corrected chi connectivity index (χ4v) is 2.53. The van der Waals surface area contributed by atoms with Crippen molar-refractivity contribution in [2.24, 2.45) is 0 Å². The van der Waals surface area contributed by atoms with Gasteiger partial charge in [-0.2, -0.15) is 5.26 Å². The Kier molecular flexibility index (Phi) is 4.61. The van der Waals surface area contributed by atoms with E-state index in [1.165, 1.54) is 18.6 Å². The number of piperidine rings is 1. The zero-order valence-electron chi connectivity index (χ0n) is 13.2. The topological polar surface area (TPSA) is 105 Å². The molecule has 8 nitrogen and oxygen atoms in total. The van der Waals surface area contributed by atoms with Crippen LogP contribution < -0.4 is 4.74 Å². The van der Waals surface area contributed by atoms with E-state index >= 15 is 0 Å². The molecule has 0 bridgehead atoms. The minimum Gasteiger partial charge on any atom is -0.470 e. The van der Waals surface area contributed by atoms with Crippen LogP contribution in [-0.4, -0.2) is 49.9 Å². The van der Waals surface area contributed by atoms with Crippen molar-refractivity contribution in [3.63, 3.8) is 0 Å². The summed E-state index contributed by atoms with van der Waals surface area (Å²) in [6.45, 7) is 2.87. The number of aryl methyl sites for hydroxylation is 1. The highest BCUT2D eigenvalue weighted by Crippen LogP contribution is 2.19. The average Bonchev–Trinajstić information content (AvgIpc) is 2.62. The molecule has 3 rings (SSSR count). The van der Waals surface area contributed by atoms with Gasteiger partial charge in [0.15, 0.2) is 0 Å². The molecule has 1 amide bonds. The van der Waals surface area contributed by atoms with E-state index in [0.29, 0.717) is 18.8 Å². The predicted octanol–water partition coefficient (Wildman–Crippen LogP) is 1.13. The lowest BCUT2D eigenvalue weighted by molar-refractivity contribution is 0.0520. The maximum atomic E-state index is 12.5. The number of carbonyl (C=O) groups excluding carboxylic acids is 1. The Labute approximate surface area is 139 Å². The van der Waals surface area contributed by atoms with Crippen molar-refractivity contribution in [3.05, 3.63) is 41.9 Å². The van der Waals surface area contributed by atoms with E-state index in [9.17, 15) is 4.79 Å². The second-order valence-corrected chi connectivity index (χ2v) is 5.50. The van der Waals surface area contributed by atoms with Crippen LogP contribution in [0, 0.1) is 18.3 Å². The number of amides is 1. The van der Waals surface area contributed by atoms with E-state index in [1.54, 1.807) is 11.1 Å². The third-order valence-electron chi connectivity index (χ3n) is 3.71. The van der Waals surface area contributed by atoms with E-state index in [0.717, 1.165) is 18.5 Å². The van der Waals surface area contributed by atoms with Crippen LogP contribution in [0.2, 0.25) is 0 Å². The number of ether oxygens (including phenoxy) is 1. The molecule has 0 saturated carbocycles. The van der Waals surface area contributed by atoms with E-state index in [-0.39, 0.29) is 23.6 Å². The van der Waals surface area contributed by atoms with Crippen LogP contribution in [0.25, 0.3) is 0 Å². The van der Waals surface area contributed by atoms with Crippen molar-refractivity contribution in [2.75, 3.05) is 13.1 Å². The molecule has 1 fully saturated rings. The lowest BCUT2D eigenvalue weighted by atomic mass is 10.1. The molecule has 1 saturated heterocycles. The standard InChI is InChI=1S/C16H16N6O2/c1-11-8-21-14(9-20-11)16(23)22-6-2-3-12(10-22)24-15-13(7-17)18-4-5-19-15/h4-5,8-9,12H,2-3,6,10H2,1H3/t12-/m0/s1. The Morgan fingerprint density at radius 3 is 2.88 bits per heavy atom. The molecule has 2 aromatic rings. The van der Waals surface area contributed by atoms with Crippen molar-refractivity contribution in [2.45, 2.75) is 25.9 Å². The maximum Gasteiger partial charge on any atom is 0.274 e. The second kappa shape index (κ2) is 7.00. The summed E-state index contributed by atoms with van der Waals surface area (Å²) in [6.07, 6.45) is 7.33. The molecule has 8 heteroatoms. The first-order valence-corrected chi connectivity index (χ1v) is 7.63. The molecule has 1 atom stereocenters. The molecule has 0 aromatic carbocycles.